The zero-order chi connectivity index (χ0) is 20.8. The maximum absolute atomic E-state index is 13.1. The van der Waals surface area contributed by atoms with E-state index < -0.39 is 0 Å². The maximum atomic E-state index is 13.1. The fourth-order valence-corrected chi connectivity index (χ4v) is 6.28. The Bertz CT molecular complexity index is 734. The predicted octanol–water partition coefficient (Wildman–Crippen LogP) is 8.56. The average molecular weight is 407 g/mol. The van der Waals surface area contributed by atoms with Gasteiger partial charge in [-0.1, -0.05) is 75.1 Å². The van der Waals surface area contributed by atoms with E-state index in [0.717, 1.165) is 30.1 Å². The highest BCUT2D eigenvalue weighted by molar-refractivity contribution is 5.19. The Morgan fingerprint density at radius 1 is 0.733 bits per heavy atom. The van der Waals surface area contributed by atoms with Crippen LogP contribution in [0.3, 0.4) is 0 Å². The van der Waals surface area contributed by atoms with Gasteiger partial charge in [0.15, 0.2) is 0 Å². The molecule has 0 spiro atoms. The van der Waals surface area contributed by atoms with Crippen LogP contribution in [0.25, 0.3) is 0 Å². The molecular weight excluding hydrogens is 367 g/mol. The van der Waals surface area contributed by atoms with Gasteiger partial charge in [0, 0.05) is 0 Å². The zero-order valence-corrected chi connectivity index (χ0v) is 18.7. The Labute approximate surface area is 183 Å². The molecule has 162 valence electrons. The van der Waals surface area contributed by atoms with E-state index in [9.17, 15) is 4.39 Å². The fraction of sp³-hybridized carbons (Fsp3) is 0.586. The molecule has 0 nitrogen and oxygen atoms in total. The summed E-state index contributed by atoms with van der Waals surface area (Å²) in [4.78, 5) is 0. The van der Waals surface area contributed by atoms with Crippen LogP contribution in [0.1, 0.15) is 88.2 Å². The van der Waals surface area contributed by atoms with E-state index in [1.54, 1.807) is 12.1 Å². The molecule has 4 rings (SSSR count). The molecular formula is C29H39F. The van der Waals surface area contributed by atoms with E-state index in [0.29, 0.717) is 5.92 Å². The molecule has 0 N–H and O–H groups in total. The SMILES string of the molecule is C[C@H](CC1CCC(C2CCC(CCc3ccc(F)cc3)CC2)CC1)c1ccccc1. The van der Waals surface area contributed by atoms with E-state index in [1.165, 1.54) is 75.3 Å². The van der Waals surface area contributed by atoms with Crippen molar-refractivity contribution in [2.45, 2.75) is 83.5 Å². The van der Waals surface area contributed by atoms with Gasteiger partial charge < -0.3 is 0 Å². The van der Waals surface area contributed by atoms with Crippen LogP contribution in [0.4, 0.5) is 4.39 Å². The van der Waals surface area contributed by atoms with Gasteiger partial charge in [0.1, 0.15) is 5.82 Å². The lowest BCUT2D eigenvalue weighted by Gasteiger charge is -2.38. The lowest BCUT2D eigenvalue weighted by Crippen LogP contribution is -2.26. The third-order valence-corrected chi connectivity index (χ3v) is 8.26. The van der Waals surface area contributed by atoms with Crippen LogP contribution >= 0.6 is 0 Å². The van der Waals surface area contributed by atoms with Gasteiger partial charge in [0.25, 0.3) is 0 Å². The lowest BCUT2D eigenvalue weighted by molar-refractivity contribution is 0.139. The quantitative estimate of drug-likeness (QED) is 0.432. The molecule has 0 heterocycles. The lowest BCUT2D eigenvalue weighted by atomic mass is 9.67. The first-order chi connectivity index (χ1) is 14.7. The fourth-order valence-electron chi connectivity index (χ4n) is 6.28. The first-order valence-electron chi connectivity index (χ1n) is 12.5. The third kappa shape index (κ3) is 5.96. The van der Waals surface area contributed by atoms with E-state index in [1.807, 2.05) is 12.1 Å². The van der Waals surface area contributed by atoms with Crippen molar-refractivity contribution in [2.75, 3.05) is 0 Å². The van der Waals surface area contributed by atoms with Crippen molar-refractivity contribution >= 4 is 0 Å². The Morgan fingerprint density at radius 3 is 1.90 bits per heavy atom. The summed E-state index contributed by atoms with van der Waals surface area (Å²) in [5.74, 6) is 4.37. The first kappa shape index (κ1) is 21.6. The second kappa shape index (κ2) is 10.6. The minimum absolute atomic E-state index is 0.122. The van der Waals surface area contributed by atoms with Gasteiger partial charge in [-0.25, -0.2) is 4.39 Å². The summed E-state index contributed by atoms with van der Waals surface area (Å²) in [5.41, 5.74) is 2.81. The topological polar surface area (TPSA) is 0 Å². The number of benzene rings is 2. The van der Waals surface area contributed by atoms with Crippen molar-refractivity contribution in [3.8, 4) is 0 Å². The van der Waals surface area contributed by atoms with Crippen LogP contribution in [-0.2, 0) is 6.42 Å². The van der Waals surface area contributed by atoms with Gasteiger partial charge in [-0.2, -0.15) is 0 Å². The molecule has 2 aliphatic rings. The predicted molar refractivity (Wildman–Crippen MR) is 125 cm³/mol. The van der Waals surface area contributed by atoms with E-state index >= 15 is 0 Å². The second-order valence-electron chi connectivity index (χ2n) is 10.3. The average Bonchev–Trinajstić information content (AvgIpc) is 2.80. The van der Waals surface area contributed by atoms with Crippen molar-refractivity contribution in [1.29, 1.82) is 0 Å². The summed E-state index contributed by atoms with van der Waals surface area (Å²) in [6.45, 7) is 2.41. The number of hydrogen-bond donors (Lipinski definition) is 0. The Balaban J connectivity index is 1.15. The van der Waals surface area contributed by atoms with E-state index in [2.05, 4.69) is 37.3 Å². The highest BCUT2D eigenvalue weighted by Gasteiger charge is 2.31. The van der Waals surface area contributed by atoms with Crippen molar-refractivity contribution in [1.82, 2.24) is 0 Å². The van der Waals surface area contributed by atoms with Crippen molar-refractivity contribution in [3.63, 3.8) is 0 Å². The van der Waals surface area contributed by atoms with Gasteiger partial charge in [0.05, 0.1) is 0 Å². The molecule has 0 bridgehead atoms. The summed E-state index contributed by atoms with van der Waals surface area (Å²) in [7, 11) is 0. The molecule has 2 saturated carbocycles. The minimum Gasteiger partial charge on any atom is -0.207 e. The normalized spacial score (nSPS) is 28.2. The van der Waals surface area contributed by atoms with Gasteiger partial charge in [-0.15, -0.1) is 0 Å². The van der Waals surface area contributed by atoms with Crippen molar-refractivity contribution in [2.24, 2.45) is 23.7 Å². The molecule has 1 atom stereocenters. The third-order valence-electron chi connectivity index (χ3n) is 8.26. The van der Waals surface area contributed by atoms with Crippen LogP contribution < -0.4 is 0 Å². The molecule has 2 aromatic carbocycles. The Morgan fingerprint density at radius 2 is 1.30 bits per heavy atom. The summed E-state index contributed by atoms with van der Waals surface area (Å²) in [6.07, 6.45) is 15.3. The second-order valence-corrected chi connectivity index (χ2v) is 10.3. The van der Waals surface area contributed by atoms with Gasteiger partial charge in [-0.3, -0.25) is 0 Å². The number of halogens is 1. The molecule has 0 amide bonds. The van der Waals surface area contributed by atoms with Gasteiger partial charge >= 0.3 is 0 Å². The molecule has 2 fully saturated rings. The summed E-state index contributed by atoms with van der Waals surface area (Å²) in [6, 6.07) is 18.2. The summed E-state index contributed by atoms with van der Waals surface area (Å²) in [5, 5.41) is 0. The van der Waals surface area contributed by atoms with Crippen LogP contribution in [0.5, 0.6) is 0 Å². The Kier molecular flexibility index (Phi) is 7.63. The van der Waals surface area contributed by atoms with Crippen LogP contribution in [0.2, 0.25) is 0 Å². The molecule has 0 aromatic heterocycles. The molecule has 2 aromatic rings. The molecule has 1 heteroatoms. The van der Waals surface area contributed by atoms with Crippen molar-refractivity contribution < 1.29 is 4.39 Å². The highest BCUT2D eigenvalue weighted by atomic mass is 19.1. The molecule has 30 heavy (non-hydrogen) atoms. The minimum atomic E-state index is -0.122. The summed E-state index contributed by atoms with van der Waals surface area (Å²) < 4.78 is 13.1. The smallest absolute Gasteiger partial charge is 0.123 e. The number of hydrogen-bond acceptors (Lipinski definition) is 0. The van der Waals surface area contributed by atoms with Gasteiger partial charge in [-0.05, 0) is 97.8 Å². The summed E-state index contributed by atoms with van der Waals surface area (Å²) >= 11 is 0. The van der Waals surface area contributed by atoms with Crippen LogP contribution in [0, 0.1) is 29.5 Å². The van der Waals surface area contributed by atoms with Crippen molar-refractivity contribution in [3.05, 3.63) is 71.5 Å². The van der Waals surface area contributed by atoms with Crippen LogP contribution in [-0.4, -0.2) is 0 Å². The largest absolute Gasteiger partial charge is 0.207 e. The molecule has 0 aliphatic heterocycles. The Hall–Kier alpha value is -1.63. The molecule has 0 saturated heterocycles. The zero-order valence-electron chi connectivity index (χ0n) is 18.7. The monoisotopic (exact) mass is 406 g/mol. The van der Waals surface area contributed by atoms with Crippen LogP contribution in [0.15, 0.2) is 54.6 Å². The highest BCUT2D eigenvalue weighted by Crippen LogP contribution is 2.43. The maximum Gasteiger partial charge on any atom is 0.123 e. The van der Waals surface area contributed by atoms with E-state index in [4.69, 9.17) is 0 Å². The number of aryl methyl sites for hydroxylation is 1. The molecule has 0 unspecified atom stereocenters. The first-order valence-corrected chi connectivity index (χ1v) is 12.5. The standard InChI is InChI=1S/C29H39F/c1-22(26-5-3-2-4-6-26)21-25-11-17-28(18-12-25)27-15-9-23(10-16-27)7-8-24-13-19-29(30)20-14-24/h2-6,13-14,19-20,22-23,25,27-28H,7-12,15-18,21H2,1H3/t22-,23?,25?,27?,28?/m1/s1. The number of rotatable bonds is 7. The molecule has 0 radical (unpaired) electrons. The van der Waals surface area contributed by atoms with E-state index in [-0.39, 0.29) is 5.82 Å². The van der Waals surface area contributed by atoms with Gasteiger partial charge in [0.2, 0.25) is 0 Å². The molecule has 2 aliphatic carbocycles.